The van der Waals surface area contributed by atoms with Gasteiger partial charge in [0.2, 0.25) is 6.79 Å². The molecule has 2 aromatic rings. The van der Waals surface area contributed by atoms with Gasteiger partial charge in [-0.05, 0) is 56.2 Å². The lowest BCUT2D eigenvalue weighted by Gasteiger charge is -2.05. The van der Waals surface area contributed by atoms with Crippen molar-refractivity contribution < 1.29 is 19.3 Å². The van der Waals surface area contributed by atoms with Crippen molar-refractivity contribution in [1.82, 2.24) is 0 Å². The number of ether oxygens (including phenoxy) is 3. The second-order valence-corrected chi connectivity index (χ2v) is 4.76. The zero-order valence-corrected chi connectivity index (χ0v) is 12.6. The third-order valence-electron chi connectivity index (χ3n) is 2.94. The van der Waals surface area contributed by atoms with E-state index in [0.29, 0.717) is 19.1 Å². The molecule has 112 valence electrons. The van der Waals surface area contributed by atoms with Gasteiger partial charge < -0.3 is 19.3 Å². The van der Waals surface area contributed by atoms with E-state index in [2.05, 4.69) is 0 Å². The minimum absolute atomic E-state index is 0.206. The molecule has 1 aliphatic heterocycles. The van der Waals surface area contributed by atoms with Crippen molar-refractivity contribution in [3.63, 3.8) is 0 Å². The number of fused-ring (bicyclic) bond motifs is 1. The zero-order chi connectivity index (χ0) is 15.2. The first-order chi connectivity index (χ1) is 10.1. The number of aryl methyl sites for hydroxylation is 2. The van der Waals surface area contributed by atoms with Crippen molar-refractivity contribution in [3.05, 3.63) is 47.5 Å². The number of phenolic OH excluding ortho intramolecular Hbond substituents is 1. The first-order valence-corrected chi connectivity index (χ1v) is 6.89. The maximum atomic E-state index is 9.24. The van der Waals surface area contributed by atoms with Gasteiger partial charge >= 0.3 is 0 Å². The predicted octanol–water partition coefficient (Wildman–Crippen LogP) is 3.82. The third kappa shape index (κ3) is 4.05. The number of hydrogen-bond acceptors (Lipinski definition) is 4. The summed E-state index contributed by atoms with van der Waals surface area (Å²) in [5.41, 5.74) is 2.29. The molecule has 0 spiro atoms. The summed E-state index contributed by atoms with van der Waals surface area (Å²) < 4.78 is 15.5. The van der Waals surface area contributed by atoms with Gasteiger partial charge in [-0.15, -0.1) is 0 Å². The standard InChI is InChI=1S/C9H12O2.C8H8O2/c1-3-11-9-6-7(2)4-5-8(9)10;1-6-2-3-7-8(4-6)10-5-9-7/h4-6,10H,3H2,1-2H3;2-4H,5H2,1H3. The van der Waals surface area contributed by atoms with Gasteiger partial charge in [-0.3, -0.25) is 0 Å². The van der Waals surface area contributed by atoms with E-state index < -0.39 is 0 Å². The van der Waals surface area contributed by atoms with Crippen molar-refractivity contribution in [1.29, 1.82) is 0 Å². The average Bonchev–Trinajstić information content (AvgIpc) is 2.91. The van der Waals surface area contributed by atoms with E-state index in [4.69, 9.17) is 14.2 Å². The Labute approximate surface area is 124 Å². The van der Waals surface area contributed by atoms with E-state index in [9.17, 15) is 5.11 Å². The molecule has 2 aromatic carbocycles. The summed E-state index contributed by atoms with van der Waals surface area (Å²) in [5.74, 6) is 2.48. The van der Waals surface area contributed by atoms with Gasteiger partial charge in [0.15, 0.2) is 23.0 Å². The number of hydrogen-bond donors (Lipinski definition) is 1. The Balaban J connectivity index is 0.000000154. The highest BCUT2D eigenvalue weighted by atomic mass is 16.7. The number of phenols is 1. The average molecular weight is 288 g/mol. The number of aromatic hydroxyl groups is 1. The molecule has 1 heterocycles. The first kappa shape index (κ1) is 15.0. The first-order valence-electron chi connectivity index (χ1n) is 6.89. The van der Waals surface area contributed by atoms with Gasteiger partial charge in [-0.1, -0.05) is 12.1 Å². The van der Waals surface area contributed by atoms with Crippen LogP contribution in [0.15, 0.2) is 36.4 Å². The fourth-order valence-corrected chi connectivity index (χ4v) is 1.90. The van der Waals surface area contributed by atoms with Crippen molar-refractivity contribution >= 4 is 0 Å². The normalized spacial score (nSPS) is 11.6. The maximum absolute atomic E-state index is 9.24. The monoisotopic (exact) mass is 288 g/mol. The molecule has 0 radical (unpaired) electrons. The largest absolute Gasteiger partial charge is 0.504 e. The van der Waals surface area contributed by atoms with E-state index in [1.807, 2.05) is 51.1 Å². The Bertz CT molecular complexity index is 608. The Morgan fingerprint density at radius 2 is 1.67 bits per heavy atom. The molecule has 0 saturated carbocycles. The molecule has 0 aliphatic carbocycles. The minimum Gasteiger partial charge on any atom is -0.504 e. The molecule has 4 nitrogen and oxygen atoms in total. The van der Waals surface area contributed by atoms with Crippen LogP contribution in [0.25, 0.3) is 0 Å². The Morgan fingerprint density at radius 1 is 1.00 bits per heavy atom. The van der Waals surface area contributed by atoms with E-state index >= 15 is 0 Å². The smallest absolute Gasteiger partial charge is 0.231 e. The van der Waals surface area contributed by atoms with Crippen molar-refractivity contribution in [3.8, 4) is 23.0 Å². The summed E-state index contributed by atoms with van der Waals surface area (Å²) >= 11 is 0. The second kappa shape index (κ2) is 6.88. The van der Waals surface area contributed by atoms with E-state index in [-0.39, 0.29) is 5.75 Å². The Hall–Kier alpha value is -2.36. The van der Waals surface area contributed by atoms with Crippen LogP contribution in [0.3, 0.4) is 0 Å². The summed E-state index contributed by atoms with van der Waals surface area (Å²) in [6.07, 6.45) is 0. The summed E-state index contributed by atoms with van der Waals surface area (Å²) in [6, 6.07) is 11.2. The van der Waals surface area contributed by atoms with Crippen LogP contribution in [-0.2, 0) is 0 Å². The fraction of sp³-hybridized carbons (Fsp3) is 0.294. The SMILES string of the molecule is CCOc1cc(C)ccc1O.Cc1ccc2c(c1)OCO2. The molecule has 1 aliphatic rings. The van der Waals surface area contributed by atoms with Crippen LogP contribution >= 0.6 is 0 Å². The van der Waals surface area contributed by atoms with Gasteiger partial charge in [-0.2, -0.15) is 0 Å². The van der Waals surface area contributed by atoms with Crippen LogP contribution < -0.4 is 14.2 Å². The molecular weight excluding hydrogens is 268 g/mol. The number of rotatable bonds is 2. The number of benzene rings is 2. The van der Waals surface area contributed by atoms with Crippen LogP contribution in [-0.4, -0.2) is 18.5 Å². The molecule has 0 saturated heterocycles. The summed E-state index contributed by atoms with van der Waals surface area (Å²) in [4.78, 5) is 0. The Morgan fingerprint density at radius 3 is 2.43 bits per heavy atom. The van der Waals surface area contributed by atoms with Gasteiger partial charge in [0, 0.05) is 0 Å². The summed E-state index contributed by atoms with van der Waals surface area (Å²) in [7, 11) is 0. The topological polar surface area (TPSA) is 47.9 Å². The molecule has 21 heavy (non-hydrogen) atoms. The zero-order valence-electron chi connectivity index (χ0n) is 12.6. The van der Waals surface area contributed by atoms with E-state index in [0.717, 1.165) is 17.1 Å². The van der Waals surface area contributed by atoms with Crippen LogP contribution in [0.5, 0.6) is 23.0 Å². The van der Waals surface area contributed by atoms with E-state index in [1.165, 1.54) is 5.56 Å². The lowest BCUT2D eigenvalue weighted by atomic mass is 10.2. The highest BCUT2D eigenvalue weighted by molar-refractivity contribution is 5.44. The molecule has 0 amide bonds. The van der Waals surface area contributed by atoms with Gasteiger partial charge in [0.25, 0.3) is 0 Å². The van der Waals surface area contributed by atoms with Crippen LogP contribution in [0.4, 0.5) is 0 Å². The molecule has 0 bridgehead atoms. The van der Waals surface area contributed by atoms with E-state index in [1.54, 1.807) is 6.07 Å². The van der Waals surface area contributed by atoms with Crippen molar-refractivity contribution in [2.45, 2.75) is 20.8 Å². The highest BCUT2D eigenvalue weighted by Gasteiger charge is 2.11. The Kier molecular flexibility index (Phi) is 4.93. The van der Waals surface area contributed by atoms with Crippen LogP contribution in [0.1, 0.15) is 18.1 Å². The molecule has 0 unspecified atom stereocenters. The van der Waals surface area contributed by atoms with Crippen molar-refractivity contribution in [2.24, 2.45) is 0 Å². The lowest BCUT2D eigenvalue weighted by molar-refractivity contribution is 0.174. The molecule has 3 rings (SSSR count). The van der Waals surface area contributed by atoms with Crippen molar-refractivity contribution in [2.75, 3.05) is 13.4 Å². The fourth-order valence-electron chi connectivity index (χ4n) is 1.90. The molecule has 0 aromatic heterocycles. The second-order valence-electron chi connectivity index (χ2n) is 4.76. The molecule has 1 N–H and O–H groups in total. The quantitative estimate of drug-likeness (QED) is 0.912. The maximum Gasteiger partial charge on any atom is 0.231 e. The molecule has 0 fully saturated rings. The summed E-state index contributed by atoms with van der Waals surface area (Å²) in [5, 5.41) is 9.24. The molecular formula is C17H20O4. The van der Waals surface area contributed by atoms with Gasteiger partial charge in [0.1, 0.15) is 0 Å². The van der Waals surface area contributed by atoms with Gasteiger partial charge in [-0.25, -0.2) is 0 Å². The minimum atomic E-state index is 0.206. The van der Waals surface area contributed by atoms with Gasteiger partial charge in [0.05, 0.1) is 6.61 Å². The van der Waals surface area contributed by atoms with Crippen LogP contribution in [0.2, 0.25) is 0 Å². The highest BCUT2D eigenvalue weighted by Crippen LogP contribution is 2.32. The molecule has 0 atom stereocenters. The third-order valence-corrected chi connectivity index (χ3v) is 2.94. The predicted molar refractivity (Wildman–Crippen MR) is 81.3 cm³/mol. The summed E-state index contributed by atoms with van der Waals surface area (Å²) in [6.45, 7) is 6.82. The van der Waals surface area contributed by atoms with Crippen LogP contribution in [0, 0.1) is 13.8 Å². The lowest BCUT2D eigenvalue weighted by Crippen LogP contribution is -1.92. The molecule has 4 heteroatoms.